The van der Waals surface area contributed by atoms with Gasteiger partial charge in [0.25, 0.3) is 5.91 Å². The van der Waals surface area contributed by atoms with Gasteiger partial charge in [-0.15, -0.1) is 0 Å². The summed E-state index contributed by atoms with van der Waals surface area (Å²) in [6.07, 6.45) is -3.34. The summed E-state index contributed by atoms with van der Waals surface area (Å²) in [4.78, 5) is 12.8. The zero-order valence-corrected chi connectivity index (χ0v) is 9.70. The summed E-state index contributed by atoms with van der Waals surface area (Å²) in [7, 11) is 0. The first-order valence-corrected chi connectivity index (χ1v) is 5.70. The van der Waals surface area contributed by atoms with Crippen molar-refractivity contribution in [3.63, 3.8) is 0 Å². The van der Waals surface area contributed by atoms with Gasteiger partial charge in [-0.25, -0.2) is 0 Å². The number of hydrogen-bond donors (Lipinski definition) is 1. The number of alkyl halides is 5. The van der Waals surface area contributed by atoms with Crippen LogP contribution in [0, 0.1) is 0 Å². The number of nitrogens with zero attached hydrogens (tertiary/aromatic N) is 1. The summed E-state index contributed by atoms with van der Waals surface area (Å²) in [5, 5.41) is 1.62. The van der Waals surface area contributed by atoms with Crippen molar-refractivity contribution in [2.75, 3.05) is 26.2 Å². The highest BCUT2D eigenvalue weighted by molar-refractivity contribution is 5.84. The molecule has 0 atom stereocenters. The fourth-order valence-corrected chi connectivity index (χ4v) is 1.75. The highest BCUT2D eigenvalue weighted by atomic mass is 19.4. The maximum atomic E-state index is 12.5. The molecule has 1 aliphatic rings. The van der Waals surface area contributed by atoms with Crippen molar-refractivity contribution in [3.8, 4) is 0 Å². The van der Waals surface area contributed by atoms with Crippen LogP contribution in [0.1, 0.15) is 19.3 Å². The zero-order chi connectivity index (χ0) is 13.8. The van der Waals surface area contributed by atoms with E-state index >= 15 is 0 Å². The lowest BCUT2D eigenvalue weighted by atomic mass is 10.3. The summed E-state index contributed by atoms with van der Waals surface area (Å²) in [5.74, 6) is -7.60. The van der Waals surface area contributed by atoms with Crippen molar-refractivity contribution in [1.82, 2.24) is 10.2 Å². The number of hydrogen-bond acceptors (Lipinski definition) is 2. The van der Waals surface area contributed by atoms with E-state index in [0.29, 0.717) is 13.0 Å². The van der Waals surface area contributed by atoms with E-state index in [-0.39, 0.29) is 6.54 Å². The second kappa shape index (κ2) is 5.81. The fourth-order valence-electron chi connectivity index (χ4n) is 1.75. The van der Waals surface area contributed by atoms with Gasteiger partial charge in [0.15, 0.2) is 0 Å². The van der Waals surface area contributed by atoms with Crippen LogP contribution in [0.3, 0.4) is 0 Å². The Labute approximate surface area is 101 Å². The van der Waals surface area contributed by atoms with Crippen LogP contribution in [0.5, 0.6) is 0 Å². The smallest absolute Gasteiger partial charge is 0.351 e. The van der Waals surface area contributed by atoms with Gasteiger partial charge in [-0.3, -0.25) is 4.79 Å². The Balaban J connectivity index is 2.24. The third-order valence-corrected chi connectivity index (χ3v) is 2.78. The molecule has 1 rings (SSSR count). The number of halogens is 5. The molecule has 0 spiro atoms. The minimum Gasteiger partial charge on any atom is -0.351 e. The summed E-state index contributed by atoms with van der Waals surface area (Å²) < 4.78 is 60.5. The monoisotopic (exact) mass is 274 g/mol. The Kier molecular flexibility index (Phi) is 4.89. The third-order valence-electron chi connectivity index (χ3n) is 2.78. The van der Waals surface area contributed by atoms with E-state index < -0.39 is 18.0 Å². The third kappa shape index (κ3) is 3.79. The first kappa shape index (κ1) is 15.1. The lowest BCUT2D eigenvalue weighted by molar-refractivity contribution is -0.269. The van der Waals surface area contributed by atoms with E-state index in [9.17, 15) is 26.7 Å². The molecule has 1 amide bonds. The fraction of sp³-hybridized carbons (Fsp3) is 0.900. The zero-order valence-electron chi connectivity index (χ0n) is 9.70. The molecule has 3 nitrogen and oxygen atoms in total. The average molecular weight is 274 g/mol. The SMILES string of the molecule is O=C(NCCCN1CCCC1)C(F)(F)C(F)(F)F. The van der Waals surface area contributed by atoms with E-state index in [0.717, 1.165) is 25.9 Å². The Hall–Kier alpha value is -0.920. The van der Waals surface area contributed by atoms with Gasteiger partial charge in [0, 0.05) is 6.54 Å². The molecule has 0 aromatic heterocycles. The van der Waals surface area contributed by atoms with Crippen molar-refractivity contribution in [2.45, 2.75) is 31.4 Å². The lowest BCUT2D eigenvalue weighted by Gasteiger charge is -2.19. The van der Waals surface area contributed by atoms with Crippen molar-refractivity contribution in [3.05, 3.63) is 0 Å². The molecule has 8 heteroatoms. The highest BCUT2D eigenvalue weighted by Gasteiger charge is 2.63. The van der Waals surface area contributed by atoms with Crippen LogP contribution in [0.2, 0.25) is 0 Å². The Morgan fingerprint density at radius 2 is 1.67 bits per heavy atom. The molecule has 0 aromatic carbocycles. The van der Waals surface area contributed by atoms with Crippen LogP contribution in [-0.4, -0.2) is 49.1 Å². The number of likely N-dealkylation sites (tertiary alicyclic amines) is 1. The maximum absolute atomic E-state index is 12.5. The molecule has 0 bridgehead atoms. The van der Waals surface area contributed by atoms with Gasteiger partial charge in [0.2, 0.25) is 0 Å². The summed E-state index contributed by atoms with van der Waals surface area (Å²) >= 11 is 0. The maximum Gasteiger partial charge on any atom is 0.463 e. The number of rotatable bonds is 5. The average Bonchev–Trinajstić information content (AvgIpc) is 2.75. The van der Waals surface area contributed by atoms with E-state index in [1.165, 1.54) is 0 Å². The van der Waals surface area contributed by atoms with E-state index in [1.54, 1.807) is 5.32 Å². The number of nitrogens with one attached hydrogen (secondary N) is 1. The quantitative estimate of drug-likeness (QED) is 0.612. The molecule has 18 heavy (non-hydrogen) atoms. The summed E-state index contributed by atoms with van der Waals surface area (Å²) in [6.45, 7) is 2.23. The van der Waals surface area contributed by atoms with Gasteiger partial charge in [-0.05, 0) is 38.9 Å². The molecule has 1 saturated heterocycles. The molecule has 0 saturated carbocycles. The van der Waals surface area contributed by atoms with Crippen molar-refractivity contribution >= 4 is 5.91 Å². The summed E-state index contributed by atoms with van der Waals surface area (Å²) in [5.41, 5.74) is 0. The van der Waals surface area contributed by atoms with Gasteiger partial charge < -0.3 is 10.2 Å². The van der Waals surface area contributed by atoms with E-state index in [2.05, 4.69) is 4.90 Å². The molecule has 0 unspecified atom stereocenters. The van der Waals surface area contributed by atoms with Crippen LogP contribution in [0.25, 0.3) is 0 Å². The molecule has 0 aliphatic carbocycles. The first-order chi connectivity index (χ1) is 8.25. The van der Waals surface area contributed by atoms with Gasteiger partial charge in [-0.1, -0.05) is 0 Å². The standard InChI is InChI=1S/C10H15F5N2O/c11-9(12,10(13,14)15)8(18)16-4-3-7-17-5-1-2-6-17/h1-7H2,(H,16,18). The van der Waals surface area contributed by atoms with Crippen LogP contribution >= 0.6 is 0 Å². The second-order valence-electron chi connectivity index (χ2n) is 4.23. The minimum absolute atomic E-state index is 0.180. The second-order valence-corrected chi connectivity index (χ2v) is 4.23. The first-order valence-electron chi connectivity index (χ1n) is 5.70. The molecular formula is C10H15F5N2O. The summed E-state index contributed by atoms with van der Waals surface area (Å²) in [6, 6.07) is 0. The molecule has 0 aromatic rings. The highest BCUT2D eigenvalue weighted by Crippen LogP contribution is 2.35. The van der Waals surface area contributed by atoms with Crippen LogP contribution < -0.4 is 5.32 Å². The molecule has 106 valence electrons. The normalized spacial score (nSPS) is 18.1. The lowest BCUT2D eigenvalue weighted by Crippen LogP contribution is -2.50. The van der Waals surface area contributed by atoms with Crippen molar-refractivity contribution in [2.24, 2.45) is 0 Å². The van der Waals surface area contributed by atoms with Gasteiger partial charge in [0.1, 0.15) is 0 Å². The minimum atomic E-state index is -5.84. The number of carbonyl (C=O) groups is 1. The van der Waals surface area contributed by atoms with Crippen LogP contribution in [-0.2, 0) is 4.79 Å². The predicted molar refractivity (Wildman–Crippen MR) is 54.3 cm³/mol. The van der Waals surface area contributed by atoms with Crippen LogP contribution in [0.4, 0.5) is 22.0 Å². The van der Waals surface area contributed by atoms with E-state index in [4.69, 9.17) is 0 Å². The van der Waals surface area contributed by atoms with Gasteiger partial charge in [0.05, 0.1) is 0 Å². The molecule has 1 N–H and O–H groups in total. The van der Waals surface area contributed by atoms with Crippen molar-refractivity contribution < 1.29 is 26.7 Å². The van der Waals surface area contributed by atoms with Gasteiger partial charge in [-0.2, -0.15) is 22.0 Å². The molecule has 1 aliphatic heterocycles. The van der Waals surface area contributed by atoms with Crippen LogP contribution in [0.15, 0.2) is 0 Å². The molecule has 1 heterocycles. The molecular weight excluding hydrogens is 259 g/mol. The topological polar surface area (TPSA) is 32.3 Å². The Morgan fingerprint density at radius 1 is 1.11 bits per heavy atom. The predicted octanol–water partition coefficient (Wildman–Crippen LogP) is 1.79. The largest absolute Gasteiger partial charge is 0.463 e. The van der Waals surface area contributed by atoms with E-state index in [1.807, 2.05) is 0 Å². The number of amides is 1. The van der Waals surface area contributed by atoms with Crippen molar-refractivity contribution in [1.29, 1.82) is 0 Å². The number of carbonyl (C=O) groups excluding carboxylic acids is 1. The van der Waals surface area contributed by atoms with Gasteiger partial charge >= 0.3 is 12.1 Å². The molecule has 0 radical (unpaired) electrons. The Bertz CT molecular complexity index is 286. The Morgan fingerprint density at radius 3 is 2.17 bits per heavy atom. The molecule has 1 fully saturated rings.